The highest BCUT2D eigenvalue weighted by Crippen LogP contribution is 2.25. The molecular weight excluding hydrogens is 368 g/mol. The minimum absolute atomic E-state index is 0.215. The number of hydrogen-bond donors (Lipinski definition) is 1. The van der Waals surface area contributed by atoms with Crippen LogP contribution in [0.4, 0.5) is 0 Å². The lowest BCUT2D eigenvalue weighted by molar-refractivity contribution is -0.124. The van der Waals surface area contributed by atoms with Crippen molar-refractivity contribution < 1.29 is 18.8 Å². The first kappa shape index (κ1) is 18.7. The van der Waals surface area contributed by atoms with Crippen LogP contribution in [0, 0.1) is 6.92 Å². The first-order valence-electron chi connectivity index (χ1n) is 8.24. The monoisotopic (exact) mass is 384 g/mol. The van der Waals surface area contributed by atoms with Crippen LogP contribution in [-0.4, -0.2) is 23.6 Å². The molecule has 2 aromatic carbocycles. The number of amides is 1. The number of benzene rings is 2. The quantitative estimate of drug-likeness (QED) is 0.654. The van der Waals surface area contributed by atoms with Gasteiger partial charge in [-0.3, -0.25) is 4.79 Å². The molecule has 3 rings (SSSR count). The molecule has 1 heterocycles. The SMILES string of the molecule is Cc1onc(-c2ccccc2)c1C(=O)OCC(=O)NCc1ccc(Cl)cc1. The average molecular weight is 385 g/mol. The van der Waals surface area contributed by atoms with Gasteiger partial charge in [0.05, 0.1) is 0 Å². The van der Waals surface area contributed by atoms with Gasteiger partial charge in [0.2, 0.25) is 0 Å². The third kappa shape index (κ3) is 4.74. The van der Waals surface area contributed by atoms with Gasteiger partial charge in [-0.15, -0.1) is 0 Å². The van der Waals surface area contributed by atoms with Gasteiger partial charge < -0.3 is 14.6 Å². The Hall–Kier alpha value is -3.12. The Morgan fingerprint density at radius 2 is 1.81 bits per heavy atom. The fourth-order valence-electron chi connectivity index (χ4n) is 2.46. The maximum absolute atomic E-state index is 12.4. The number of nitrogens with one attached hydrogen (secondary N) is 1. The van der Waals surface area contributed by atoms with Gasteiger partial charge in [-0.05, 0) is 24.6 Å². The van der Waals surface area contributed by atoms with Gasteiger partial charge in [0.15, 0.2) is 6.61 Å². The van der Waals surface area contributed by atoms with Gasteiger partial charge in [0.25, 0.3) is 5.91 Å². The van der Waals surface area contributed by atoms with Gasteiger partial charge >= 0.3 is 5.97 Å². The van der Waals surface area contributed by atoms with E-state index < -0.39 is 18.5 Å². The Labute approximate surface area is 161 Å². The Bertz CT molecular complexity index is 936. The molecule has 0 saturated carbocycles. The second-order valence-electron chi connectivity index (χ2n) is 5.81. The summed E-state index contributed by atoms with van der Waals surface area (Å²) in [5.74, 6) is -0.733. The molecule has 1 aromatic heterocycles. The molecule has 0 saturated heterocycles. The van der Waals surface area contributed by atoms with E-state index in [1.165, 1.54) is 0 Å². The molecule has 3 aromatic rings. The van der Waals surface area contributed by atoms with Crippen molar-refractivity contribution in [3.8, 4) is 11.3 Å². The molecule has 1 amide bonds. The standard InChI is InChI=1S/C20H17ClN2O4/c1-13-18(19(23-27-13)15-5-3-2-4-6-15)20(25)26-12-17(24)22-11-14-7-9-16(21)10-8-14/h2-10H,11-12H2,1H3,(H,22,24). The van der Waals surface area contributed by atoms with Crippen molar-refractivity contribution in [3.63, 3.8) is 0 Å². The fourth-order valence-corrected chi connectivity index (χ4v) is 2.59. The van der Waals surface area contributed by atoms with Crippen LogP contribution in [0.25, 0.3) is 11.3 Å². The predicted molar refractivity (Wildman–Crippen MR) is 100 cm³/mol. The first-order valence-corrected chi connectivity index (χ1v) is 8.62. The molecule has 0 aliphatic rings. The van der Waals surface area contributed by atoms with Crippen molar-refractivity contribution in [3.05, 3.63) is 76.5 Å². The summed E-state index contributed by atoms with van der Waals surface area (Å²) in [5, 5.41) is 7.23. The number of hydrogen-bond acceptors (Lipinski definition) is 5. The van der Waals surface area contributed by atoms with E-state index in [0.29, 0.717) is 23.0 Å². The predicted octanol–water partition coefficient (Wildman–Crippen LogP) is 3.78. The van der Waals surface area contributed by atoms with Gasteiger partial charge in [0.1, 0.15) is 17.0 Å². The van der Waals surface area contributed by atoms with Crippen LogP contribution in [-0.2, 0) is 16.1 Å². The number of halogens is 1. The Morgan fingerprint density at radius 1 is 1.11 bits per heavy atom. The van der Waals surface area contributed by atoms with Gasteiger partial charge in [0, 0.05) is 17.1 Å². The van der Waals surface area contributed by atoms with Crippen molar-refractivity contribution in [2.75, 3.05) is 6.61 Å². The van der Waals surface area contributed by atoms with E-state index in [1.807, 2.05) is 30.3 Å². The smallest absolute Gasteiger partial charge is 0.344 e. The maximum Gasteiger partial charge on any atom is 0.344 e. The lowest BCUT2D eigenvalue weighted by Gasteiger charge is -2.07. The normalized spacial score (nSPS) is 10.4. The highest BCUT2D eigenvalue weighted by Gasteiger charge is 2.23. The van der Waals surface area contributed by atoms with E-state index in [2.05, 4.69) is 10.5 Å². The topological polar surface area (TPSA) is 81.4 Å². The van der Waals surface area contributed by atoms with Crippen LogP contribution in [0.1, 0.15) is 21.7 Å². The molecule has 0 atom stereocenters. The Morgan fingerprint density at radius 3 is 2.52 bits per heavy atom. The van der Waals surface area contributed by atoms with Gasteiger partial charge in [-0.1, -0.05) is 59.2 Å². The molecule has 0 fully saturated rings. The summed E-state index contributed by atoms with van der Waals surface area (Å²) in [7, 11) is 0. The van der Waals surface area contributed by atoms with Crippen LogP contribution in [0.15, 0.2) is 59.1 Å². The second kappa shape index (κ2) is 8.51. The molecule has 27 heavy (non-hydrogen) atoms. The number of aryl methyl sites for hydroxylation is 1. The number of carbonyl (C=O) groups excluding carboxylic acids is 2. The van der Waals surface area contributed by atoms with E-state index in [-0.39, 0.29) is 5.56 Å². The third-order valence-electron chi connectivity index (χ3n) is 3.85. The third-order valence-corrected chi connectivity index (χ3v) is 4.10. The summed E-state index contributed by atoms with van der Waals surface area (Å²) in [5.41, 5.74) is 2.22. The van der Waals surface area contributed by atoms with Crippen molar-refractivity contribution in [2.24, 2.45) is 0 Å². The van der Waals surface area contributed by atoms with Gasteiger partial charge in [-0.25, -0.2) is 4.79 Å². The number of nitrogens with zero attached hydrogens (tertiary/aromatic N) is 1. The van der Waals surface area contributed by atoms with E-state index in [0.717, 1.165) is 11.1 Å². The molecular formula is C20H17ClN2O4. The number of aromatic nitrogens is 1. The minimum Gasteiger partial charge on any atom is -0.452 e. The van der Waals surface area contributed by atoms with E-state index in [4.69, 9.17) is 20.9 Å². The summed E-state index contributed by atoms with van der Waals surface area (Å²) in [6.07, 6.45) is 0. The molecule has 6 nitrogen and oxygen atoms in total. The van der Waals surface area contributed by atoms with Crippen LogP contribution in [0.2, 0.25) is 5.02 Å². The largest absolute Gasteiger partial charge is 0.452 e. The van der Waals surface area contributed by atoms with E-state index in [1.54, 1.807) is 31.2 Å². The number of rotatable bonds is 6. The second-order valence-corrected chi connectivity index (χ2v) is 6.24. The molecule has 7 heteroatoms. The number of esters is 1. The van der Waals surface area contributed by atoms with Crippen molar-refractivity contribution >= 4 is 23.5 Å². The maximum atomic E-state index is 12.4. The summed E-state index contributed by atoms with van der Waals surface area (Å²) in [4.78, 5) is 24.4. The van der Waals surface area contributed by atoms with Crippen molar-refractivity contribution in [1.29, 1.82) is 0 Å². The zero-order valence-electron chi connectivity index (χ0n) is 14.6. The Balaban J connectivity index is 1.59. The summed E-state index contributed by atoms with van der Waals surface area (Å²) < 4.78 is 10.3. The lowest BCUT2D eigenvalue weighted by atomic mass is 10.1. The highest BCUT2D eigenvalue weighted by molar-refractivity contribution is 6.30. The molecule has 0 radical (unpaired) electrons. The summed E-state index contributed by atoms with van der Waals surface area (Å²) in [6, 6.07) is 16.2. The van der Waals surface area contributed by atoms with Crippen molar-refractivity contribution in [2.45, 2.75) is 13.5 Å². The summed E-state index contributed by atoms with van der Waals surface area (Å²) in [6.45, 7) is 1.54. The van der Waals surface area contributed by atoms with E-state index >= 15 is 0 Å². The van der Waals surface area contributed by atoms with Gasteiger partial charge in [-0.2, -0.15) is 0 Å². The number of carbonyl (C=O) groups is 2. The van der Waals surface area contributed by atoms with Crippen LogP contribution >= 0.6 is 11.6 Å². The minimum atomic E-state index is -0.658. The zero-order valence-corrected chi connectivity index (χ0v) is 15.3. The summed E-state index contributed by atoms with van der Waals surface area (Å²) >= 11 is 5.82. The lowest BCUT2D eigenvalue weighted by Crippen LogP contribution is -2.28. The molecule has 0 bridgehead atoms. The van der Waals surface area contributed by atoms with Crippen molar-refractivity contribution in [1.82, 2.24) is 10.5 Å². The number of ether oxygens (including phenoxy) is 1. The molecule has 138 valence electrons. The van der Waals surface area contributed by atoms with Crippen LogP contribution in [0.5, 0.6) is 0 Å². The van der Waals surface area contributed by atoms with Crippen LogP contribution < -0.4 is 5.32 Å². The molecule has 0 aliphatic carbocycles. The zero-order chi connectivity index (χ0) is 19.2. The molecule has 0 spiro atoms. The first-order chi connectivity index (χ1) is 13.0. The van der Waals surface area contributed by atoms with E-state index in [9.17, 15) is 9.59 Å². The molecule has 1 N–H and O–H groups in total. The molecule has 0 unspecified atom stereocenters. The average Bonchev–Trinajstić information content (AvgIpc) is 3.08. The van der Waals surface area contributed by atoms with Crippen LogP contribution in [0.3, 0.4) is 0 Å². The Kier molecular flexibility index (Phi) is 5.88. The molecule has 0 aliphatic heterocycles. The fraction of sp³-hybridized carbons (Fsp3) is 0.150. The highest BCUT2D eigenvalue weighted by atomic mass is 35.5.